The van der Waals surface area contributed by atoms with Gasteiger partial charge in [-0.3, -0.25) is 13.7 Å². The molecule has 0 unspecified atom stereocenters. The molecule has 0 saturated carbocycles. The maximum atomic E-state index is 9.75. The number of pyridine rings is 3. The van der Waals surface area contributed by atoms with Gasteiger partial charge in [-0.05, 0) is 127 Å². The SMILES string of the molecule is Brc1ccc(-n2c3cccc4c3[c+]3c5c2cccc5n(-c2ccc(Br)cc2)c2cccc(c23)n4-c2ccc(Br)cc2)cc1.F[B-](F)(F)F. The van der Waals surface area contributed by atoms with Crippen LogP contribution in [0.3, 0.4) is 0 Å². The van der Waals surface area contributed by atoms with Gasteiger partial charge in [-0.1, -0.05) is 47.8 Å². The largest absolute Gasteiger partial charge is 0.673 e. The van der Waals surface area contributed by atoms with E-state index in [-0.39, 0.29) is 0 Å². The van der Waals surface area contributed by atoms with Crippen molar-refractivity contribution in [3.8, 4) is 17.1 Å². The summed E-state index contributed by atoms with van der Waals surface area (Å²) >= 11 is 10.9. The lowest BCUT2D eigenvalue weighted by atomic mass is 9.94. The molecule has 48 heavy (non-hydrogen) atoms. The fourth-order valence-electron chi connectivity index (χ4n) is 6.84. The van der Waals surface area contributed by atoms with E-state index in [2.05, 4.69) is 189 Å². The van der Waals surface area contributed by atoms with Crippen molar-refractivity contribution in [1.82, 2.24) is 13.7 Å². The van der Waals surface area contributed by atoms with E-state index in [1.165, 1.54) is 54.6 Å². The van der Waals surface area contributed by atoms with Crippen molar-refractivity contribution in [2.75, 3.05) is 0 Å². The summed E-state index contributed by atoms with van der Waals surface area (Å²) < 4.78 is 49.5. The minimum atomic E-state index is -6.00. The second-order valence-corrected chi connectivity index (χ2v) is 14.1. The average Bonchev–Trinajstić information content (AvgIpc) is 3.06. The van der Waals surface area contributed by atoms with Crippen molar-refractivity contribution < 1.29 is 17.3 Å². The van der Waals surface area contributed by atoms with E-state index >= 15 is 0 Å². The van der Waals surface area contributed by atoms with Gasteiger partial charge in [0.1, 0.15) is 49.3 Å². The smallest absolute Gasteiger partial charge is 0.418 e. The third-order valence-electron chi connectivity index (χ3n) is 8.51. The molecule has 0 aliphatic carbocycles. The van der Waals surface area contributed by atoms with E-state index in [1.807, 2.05) is 0 Å². The van der Waals surface area contributed by atoms with E-state index < -0.39 is 7.25 Å². The van der Waals surface area contributed by atoms with Gasteiger partial charge in [0.25, 0.3) is 0 Å². The van der Waals surface area contributed by atoms with Crippen LogP contribution < -0.4 is 0 Å². The minimum absolute atomic E-state index is 1.06. The molecule has 0 fully saturated rings. The molecule has 0 atom stereocenters. The normalized spacial score (nSPS) is 12.1. The number of aromatic nitrogens is 3. The molecule has 0 aliphatic rings. The lowest BCUT2D eigenvalue weighted by Crippen LogP contribution is -2.10. The summed E-state index contributed by atoms with van der Waals surface area (Å²) in [6.07, 6.45) is 0. The first-order valence-electron chi connectivity index (χ1n) is 14.9. The van der Waals surface area contributed by atoms with Crippen LogP contribution in [0.5, 0.6) is 0 Å². The zero-order chi connectivity index (χ0) is 33.3. The highest BCUT2D eigenvalue weighted by Gasteiger charge is 2.30. The highest BCUT2D eigenvalue weighted by molar-refractivity contribution is 9.11. The quantitative estimate of drug-likeness (QED) is 0.0554. The molecule has 236 valence electrons. The summed E-state index contributed by atoms with van der Waals surface area (Å²) in [5.74, 6) is 0. The van der Waals surface area contributed by atoms with Crippen LogP contribution >= 0.6 is 47.8 Å². The van der Waals surface area contributed by atoms with Crippen molar-refractivity contribution in [1.29, 1.82) is 0 Å². The number of hydrogen-bond donors (Lipinski definition) is 0. The third kappa shape index (κ3) is 5.19. The monoisotopic (exact) mass is 831 g/mol. The summed E-state index contributed by atoms with van der Waals surface area (Å²) in [5.41, 5.74) is 10.5. The molecule has 3 nitrogen and oxygen atoms in total. The van der Waals surface area contributed by atoms with Crippen LogP contribution in [0, 0.1) is 0 Å². The second-order valence-electron chi connectivity index (χ2n) is 11.3. The Labute approximate surface area is 296 Å². The van der Waals surface area contributed by atoms with E-state index in [0.717, 1.165) is 30.5 Å². The standard InChI is InChI=1S/C37H21Br3N3.BF4/c38-22-10-16-25(17-11-22)41-28-4-1-5-29-34(28)37-35-30(41)6-2-8-32(35)43(27-20-14-24(40)15-21-27)33-9-3-7-31(36(33)37)42(29)26-18-12-23(39)13-19-26;2-1(3,4)5/h1-21H;/q+1;-1. The minimum Gasteiger partial charge on any atom is -0.418 e. The molecule has 0 amide bonds. The molecular formula is C37H21BBr3F4N3. The Morgan fingerprint density at radius 1 is 0.375 bits per heavy atom. The highest BCUT2D eigenvalue weighted by Crippen LogP contribution is 2.46. The maximum Gasteiger partial charge on any atom is 0.673 e. The van der Waals surface area contributed by atoms with E-state index in [0.29, 0.717) is 0 Å². The van der Waals surface area contributed by atoms with E-state index in [1.54, 1.807) is 0 Å². The summed E-state index contributed by atoms with van der Waals surface area (Å²) in [4.78, 5) is 0. The number of rotatable bonds is 3. The van der Waals surface area contributed by atoms with Crippen LogP contribution in [-0.4, -0.2) is 21.0 Å². The fraction of sp³-hybridized carbons (Fsp3) is 0. The van der Waals surface area contributed by atoms with Gasteiger partial charge in [0.2, 0.25) is 0 Å². The Bertz CT molecular complexity index is 2260. The summed E-state index contributed by atoms with van der Waals surface area (Å²) in [5, 5.41) is 5.06. The summed E-state index contributed by atoms with van der Waals surface area (Å²) in [6.45, 7) is 0. The molecule has 11 heteroatoms. The van der Waals surface area contributed by atoms with Crippen LogP contribution in [0.2, 0.25) is 0 Å². The molecule has 3 aromatic heterocycles. The molecule has 3 heterocycles. The topological polar surface area (TPSA) is 14.8 Å². The second kappa shape index (κ2) is 11.8. The van der Waals surface area contributed by atoms with Crippen molar-refractivity contribution >= 4 is 110 Å². The molecule has 0 saturated heterocycles. The van der Waals surface area contributed by atoms with Gasteiger partial charge in [-0.25, -0.2) is 0 Å². The van der Waals surface area contributed by atoms with E-state index in [4.69, 9.17) is 0 Å². The van der Waals surface area contributed by atoms with Gasteiger partial charge in [0, 0.05) is 13.4 Å². The van der Waals surface area contributed by atoms with Crippen molar-refractivity contribution in [2.45, 2.75) is 0 Å². The van der Waals surface area contributed by atoms with Crippen LogP contribution in [0.1, 0.15) is 0 Å². The first kappa shape index (κ1) is 31.1. The van der Waals surface area contributed by atoms with Gasteiger partial charge in [-0.2, -0.15) is 0 Å². The average molecular weight is 834 g/mol. The van der Waals surface area contributed by atoms with Crippen molar-refractivity contribution in [2.24, 2.45) is 0 Å². The Hall–Kier alpha value is -4.19. The molecule has 0 radical (unpaired) electrons. The van der Waals surface area contributed by atoms with Gasteiger partial charge in [0.15, 0.2) is 0 Å². The Balaban J connectivity index is 0.000000629. The predicted molar refractivity (Wildman–Crippen MR) is 201 cm³/mol. The van der Waals surface area contributed by atoms with Crippen molar-refractivity contribution in [3.05, 3.63) is 141 Å². The van der Waals surface area contributed by atoms with Gasteiger partial charge in [0.05, 0.1) is 22.4 Å². The summed E-state index contributed by atoms with van der Waals surface area (Å²) in [6, 6.07) is 46.0. The van der Waals surface area contributed by atoms with Crippen molar-refractivity contribution in [3.63, 3.8) is 0 Å². The van der Waals surface area contributed by atoms with E-state index in [9.17, 15) is 17.3 Å². The van der Waals surface area contributed by atoms with Gasteiger partial charge >= 0.3 is 7.25 Å². The fourth-order valence-corrected chi connectivity index (χ4v) is 7.63. The van der Waals surface area contributed by atoms with Crippen LogP contribution in [-0.2, 0) is 0 Å². The van der Waals surface area contributed by atoms with Gasteiger partial charge < -0.3 is 17.3 Å². The molecule has 6 aromatic carbocycles. The molecule has 0 bridgehead atoms. The molecule has 0 N–H and O–H groups in total. The van der Waals surface area contributed by atoms with Gasteiger partial charge in [-0.15, -0.1) is 0 Å². The lowest BCUT2D eigenvalue weighted by molar-refractivity contribution is 0.368. The zero-order valence-electron chi connectivity index (χ0n) is 24.7. The zero-order valence-corrected chi connectivity index (χ0v) is 29.4. The number of nitrogens with zero attached hydrogens (tertiary/aromatic N) is 3. The predicted octanol–water partition coefficient (Wildman–Crippen LogP) is 13.1. The molecule has 0 spiro atoms. The lowest BCUT2D eigenvalue weighted by Gasteiger charge is -2.23. The van der Waals surface area contributed by atoms with Crippen LogP contribution in [0.25, 0.3) is 71.7 Å². The number of halogens is 7. The molecular weight excluding hydrogens is 813 g/mol. The van der Waals surface area contributed by atoms with Crippen LogP contribution in [0.4, 0.5) is 17.3 Å². The highest BCUT2D eigenvalue weighted by atomic mass is 79.9. The summed E-state index contributed by atoms with van der Waals surface area (Å²) in [7, 11) is -6.00. The third-order valence-corrected chi connectivity index (χ3v) is 10.1. The Kier molecular flexibility index (Phi) is 7.62. The molecule has 0 aliphatic heterocycles. The Morgan fingerprint density at radius 3 is 0.792 bits per heavy atom. The first-order valence-corrected chi connectivity index (χ1v) is 17.3. The number of hydrogen-bond acceptors (Lipinski definition) is 0. The molecule has 9 aromatic rings. The van der Waals surface area contributed by atoms with Crippen LogP contribution in [0.15, 0.2) is 141 Å². The maximum absolute atomic E-state index is 9.75. The first-order chi connectivity index (χ1) is 23.1. The molecule has 9 rings (SSSR count). The Morgan fingerprint density at radius 2 is 0.583 bits per heavy atom. The number of benzene rings is 6.